The quantitative estimate of drug-likeness (QED) is 0.611. The number of hydrogen-bond acceptors (Lipinski definition) is 3. The van der Waals surface area contributed by atoms with E-state index in [9.17, 15) is 18.8 Å². The van der Waals surface area contributed by atoms with Gasteiger partial charge < -0.3 is 10.2 Å². The Morgan fingerprint density at radius 2 is 1.94 bits per heavy atom. The highest BCUT2D eigenvalue weighted by Crippen LogP contribution is 2.16. The van der Waals surface area contributed by atoms with E-state index in [1.54, 1.807) is 0 Å². The van der Waals surface area contributed by atoms with Crippen molar-refractivity contribution < 1.29 is 18.8 Å². The highest BCUT2D eigenvalue weighted by Gasteiger charge is 2.41. The number of likely N-dealkylation sites (tertiary alicyclic amines) is 1. The van der Waals surface area contributed by atoms with Crippen LogP contribution in [0.1, 0.15) is 0 Å². The fourth-order valence-electron chi connectivity index (χ4n) is 1.74. The van der Waals surface area contributed by atoms with Crippen molar-refractivity contribution in [2.75, 3.05) is 18.9 Å². The lowest BCUT2D eigenvalue weighted by molar-refractivity contribution is -0.141. The second kappa shape index (κ2) is 4.56. The van der Waals surface area contributed by atoms with Crippen molar-refractivity contribution >= 4 is 23.3 Å². The molecule has 6 heteroatoms. The molecular weight excluding hydrogens is 239 g/mol. The van der Waals surface area contributed by atoms with Crippen molar-refractivity contribution in [3.8, 4) is 0 Å². The monoisotopic (exact) mass is 250 g/mol. The van der Waals surface area contributed by atoms with Crippen LogP contribution in [0.4, 0.5) is 10.1 Å². The van der Waals surface area contributed by atoms with Crippen LogP contribution in [0, 0.1) is 11.7 Å². The third-order valence-electron chi connectivity index (χ3n) is 2.76. The van der Waals surface area contributed by atoms with Crippen molar-refractivity contribution in [3.63, 3.8) is 0 Å². The Morgan fingerprint density at radius 1 is 1.33 bits per heavy atom. The summed E-state index contributed by atoms with van der Waals surface area (Å²) in [6.45, 7) is 0.0741. The van der Waals surface area contributed by atoms with Gasteiger partial charge in [0.25, 0.3) is 5.91 Å². The number of carbonyl (C=O) groups is 3. The molecule has 2 amide bonds. The summed E-state index contributed by atoms with van der Waals surface area (Å²) in [6.07, 6.45) is 0. The Kier molecular flexibility index (Phi) is 3.10. The van der Waals surface area contributed by atoms with Crippen LogP contribution in [-0.2, 0) is 14.4 Å². The molecule has 1 aliphatic heterocycles. The van der Waals surface area contributed by atoms with Gasteiger partial charge in [0.1, 0.15) is 11.7 Å². The summed E-state index contributed by atoms with van der Waals surface area (Å²) in [6, 6.07) is 5.17. The normalized spacial score (nSPS) is 19.2. The number of anilines is 1. The first-order chi connectivity index (χ1) is 8.49. The summed E-state index contributed by atoms with van der Waals surface area (Å²) >= 11 is 0. The van der Waals surface area contributed by atoms with Crippen LogP contribution in [0.5, 0.6) is 0 Å². The van der Waals surface area contributed by atoms with Crippen LogP contribution in [0.2, 0.25) is 0 Å². The van der Waals surface area contributed by atoms with Gasteiger partial charge in [0.2, 0.25) is 11.7 Å². The molecule has 1 N–H and O–H groups in total. The lowest BCUT2D eigenvalue weighted by Gasteiger charge is -2.09. The van der Waals surface area contributed by atoms with E-state index < -0.39 is 29.3 Å². The standard InChI is InChI=1S/C12H11FN2O3/c1-15-6-9(10(16)12(15)18)11(17)14-8-4-2-7(13)3-5-8/h2-5,9H,6H2,1H3,(H,14,17). The predicted octanol–water partition coefficient (Wildman–Crippen LogP) is 0.421. The molecule has 1 fully saturated rings. The van der Waals surface area contributed by atoms with E-state index in [4.69, 9.17) is 0 Å². The molecule has 1 aromatic carbocycles. The molecule has 1 aromatic rings. The van der Waals surface area contributed by atoms with E-state index in [1.807, 2.05) is 0 Å². The van der Waals surface area contributed by atoms with Crippen LogP contribution in [-0.4, -0.2) is 36.1 Å². The Morgan fingerprint density at radius 3 is 2.44 bits per heavy atom. The number of nitrogens with one attached hydrogen (secondary N) is 1. The lowest BCUT2D eigenvalue weighted by Crippen LogP contribution is -2.29. The van der Waals surface area contributed by atoms with Gasteiger partial charge in [-0.1, -0.05) is 0 Å². The smallest absolute Gasteiger partial charge is 0.290 e. The van der Waals surface area contributed by atoms with Crippen molar-refractivity contribution in [1.82, 2.24) is 4.90 Å². The average Bonchev–Trinajstić information content (AvgIpc) is 2.60. The minimum Gasteiger partial charge on any atom is -0.338 e. The topological polar surface area (TPSA) is 66.5 Å². The maximum absolute atomic E-state index is 12.7. The third kappa shape index (κ3) is 2.22. The molecule has 0 bridgehead atoms. The fourth-order valence-corrected chi connectivity index (χ4v) is 1.74. The van der Waals surface area contributed by atoms with Gasteiger partial charge in [0, 0.05) is 19.3 Å². The number of Topliss-reactive ketones (excluding diaryl/α,β-unsaturated/α-hetero) is 1. The summed E-state index contributed by atoms with van der Waals surface area (Å²) in [5.41, 5.74) is 0.385. The molecule has 0 radical (unpaired) electrons. The maximum atomic E-state index is 12.7. The zero-order valence-electron chi connectivity index (χ0n) is 9.64. The SMILES string of the molecule is CN1CC(C(=O)Nc2ccc(F)cc2)C(=O)C1=O. The lowest BCUT2D eigenvalue weighted by atomic mass is 10.1. The summed E-state index contributed by atoms with van der Waals surface area (Å²) < 4.78 is 12.7. The molecule has 0 saturated carbocycles. The van der Waals surface area contributed by atoms with E-state index in [0.29, 0.717) is 5.69 Å². The molecule has 1 heterocycles. The molecule has 1 unspecified atom stereocenters. The van der Waals surface area contributed by atoms with Crippen LogP contribution in [0.15, 0.2) is 24.3 Å². The van der Waals surface area contributed by atoms with Crippen molar-refractivity contribution in [3.05, 3.63) is 30.1 Å². The molecule has 94 valence electrons. The van der Waals surface area contributed by atoms with Crippen molar-refractivity contribution in [1.29, 1.82) is 0 Å². The molecule has 1 atom stereocenters. The van der Waals surface area contributed by atoms with Gasteiger partial charge in [0.05, 0.1) is 0 Å². The Labute approximate surface area is 103 Å². The zero-order valence-corrected chi connectivity index (χ0v) is 9.64. The zero-order chi connectivity index (χ0) is 13.3. The van der Waals surface area contributed by atoms with E-state index in [2.05, 4.69) is 5.32 Å². The first-order valence-electron chi connectivity index (χ1n) is 5.35. The van der Waals surface area contributed by atoms with E-state index in [0.717, 1.165) is 0 Å². The molecule has 18 heavy (non-hydrogen) atoms. The Bertz CT molecular complexity index is 513. The summed E-state index contributed by atoms with van der Waals surface area (Å²) in [7, 11) is 1.46. The van der Waals surface area contributed by atoms with E-state index in [1.165, 1.54) is 36.2 Å². The maximum Gasteiger partial charge on any atom is 0.290 e. The van der Waals surface area contributed by atoms with Gasteiger partial charge in [-0.25, -0.2) is 4.39 Å². The summed E-state index contributed by atoms with van der Waals surface area (Å²) in [4.78, 5) is 35.8. The molecule has 1 aliphatic rings. The number of likely N-dealkylation sites (N-methyl/N-ethyl adjacent to an activating group) is 1. The Balaban J connectivity index is 2.07. The highest BCUT2D eigenvalue weighted by molar-refractivity contribution is 6.43. The van der Waals surface area contributed by atoms with Gasteiger partial charge in [-0.15, -0.1) is 0 Å². The van der Waals surface area contributed by atoms with Gasteiger partial charge >= 0.3 is 0 Å². The number of hydrogen-bond donors (Lipinski definition) is 1. The van der Waals surface area contributed by atoms with Crippen molar-refractivity contribution in [2.24, 2.45) is 5.92 Å². The molecule has 0 spiro atoms. The summed E-state index contributed by atoms with van der Waals surface area (Å²) in [5, 5.41) is 2.48. The largest absolute Gasteiger partial charge is 0.338 e. The predicted molar refractivity (Wildman–Crippen MR) is 61.2 cm³/mol. The second-order valence-corrected chi connectivity index (χ2v) is 4.10. The molecule has 2 rings (SSSR count). The first kappa shape index (κ1) is 12.2. The number of nitrogens with zero attached hydrogens (tertiary/aromatic N) is 1. The van der Waals surface area contributed by atoms with Gasteiger partial charge in [-0.05, 0) is 24.3 Å². The van der Waals surface area contributed by atoms with Crippen LogP contribution >= 0.6 is 0 Å². The minimum absolute atomic E-state index is 0.0741. The van der Waals surface area contributed by atoms with Crippen LogP contribution in [0.3, 0.4) is 0 Å². The molecule has 1 saturated heterocycles. The van der Waals surface area contributed by atoms with Crippen LogP contribution < -0.4 is 5.32 Å². The van der Waals surface area contributed by atoms with E-state index >= 15 is 0 Å². The minimum atomic E-state index is -0.993. The van der Waals surface area contributed by atoms with Gasteiger partial charge in [0.15, 0.2) is 0 Å². The number of rotatable bonds is 2. The average molecular weight is 250 g/mol. The number of amides is 2. The molecule has 0 aliphatic carbocycles. The highest BCUT2D eigenvalue weighted by atomic mass is 19.1. The van der Waals surface area contributed by atoms with Gasteiger partial charge in [-0.3, -0.25) is 14.4 Å². The molecule has 0 aromatic heterocycles. The summed E-state index contributed by atoms with van der Waals surface area (Å²) in [5.74, 6) is -3.33. The molecule has 5 nitrogen and oxygen atoms in total. The first-order valence-corrected chi connectivity index (χ1v) is 5.35. The number of ketones is 1. The number of benzene rings is 1. The van der Waals surface area contributed by atoms with Gasteiger partial charge in [-0.2, -0.15) is 0 Å². The second-order valence-electron chi connectivity index (χ2n) is 4.10. The number of carbonyl (C=O) groups excluding carboxylic acids is 3. The number of halogens is 1. The molecular formula is C12H11FN2O3. The van der Waals surface area contributed by atoms with E-state index in [-0.39, 0.29) is 6.54 Å². The Hall–Kier alpha value is -2.24. The van der Waals surface area contributed by atoms with Crippen LogP contribution in [0.25, 0.3) is 0 Å². The third-order valence-corrected chi connectivity index (χ3v) is 2.76. The fraction of sp³-hybridized carbons (Fsp3) is 0.250. The van der Waals surface area contributed by atoms with Crippen molar-refractivity contribution in [2.45, 2.75) is 0 Å².